The fraction of sp³-hybridized carbons (Fsp3) is 0.320. The lowest BCUT2D eigenvalue weighted by atomic mass is 10.1. The molecule has 1 unspecified atom stereocenters. The number of hydrogen-bond donors (Lipinski definition) is 0. The Morgan fingerprint density at radius 2 is 2.06 bits per heavy atom. The first-order valence-corrected chi connectivity index (χ1v) is 12.5. The third kappa shape index (κ3) is 5.02. The van der Waals surface area contributed by atoms with Crippen molar-refractivity contribution in [1.29, 1.82) is 0 Å². The van der Waals surface area contributed by atoms with Gasteiger partial charge in [-0.05, 0) is 73.2 Å². The highest BCUT2D eigenvalue weighted by Gasteiger charge is 2.34. The van der Waals surface area contributed by atoms with Crippen LogP contribution >= 0.6 is 23.4 Å². The zero-order valence-electron chi connectivity index (χ0n) is 19.6. The summed E-state index contributed by atoms with van der Waals surface area (Å²) in [6.07, 6.45) is -0.0933. The number of carbonyl (C=O) groups is 1. The molecule has 2 aliphatic heterocycles. The molecule has 6 nitrogen and oxygen atoms in total. The van der Waals surface area contributed by atoms with Crippen LogP contribution < -0.4 is 0 Å². The molecule has 1 saturated heterocycles. The van der Waals surface area contributed by atoms with Crippen LogP contribution in [0.4, 0.5) is 13.2 Å². The summed E-state index contributed by atoms with van der Waals surface area (Å²) in [4.78, 5) is 21.7. The first kappa shape index (κ1) is 24.9. The molecular formula is C25H23ClF3N5OS. The fourth-order valence-electron chi connectivity index (χ4n) is 4.52. The molecule has 1 atom stereocenters. The van der Waals surface area contributed by atoms with Crippen molar-refractivity contribution in [2.24, 2.45) is 4.99 Å². The molecule has 0 saturated carbocycles. The number of likely N-dealkylation sites (tertiary alicyclic amines) is 1. The minimum atomic E-state index is -4.52. The lowest BCUT2D eigenvalue weighted by molar-refractivity contribution is -0.138. The van der Waals surface area contributed by atoms with Crippen molar-refractivity contribution in [2.75, 3.05) is 27.2 Å². The first-order valence-electron chi connectivity index (χ1n) is 11.3. The summed E-state index contributed by atoms with van der Waals surface area (Å²) < 4.78 is 42.0. The van der Waals surface area contributed by atoms with Crippen LogP contribution in [0.5, 0.6) is 0 Å². The number of halogens is 4. The van der Waals surface area contributed by atoms with Crippen LogP contribution in [-0.4, -0.2) is 63.9 Å². The number of aliphatic imine (C=N–C) groups is 1. The molecule has 3 aromatic rings. The van der Waals surface area contributed by atoms with Crippen LogP contribution in [0.1, 0.15) is 23.1 Å². The van der Waals surface area contributed by atoms with Gasteiger partial charge in [0.15, 0.2) is 5.17 Å². The maximum absolute atomic E-state index is 13.5. The van der Waals surface area contributed by atoms with Crippen molar-refractivity contribution in [3.05, 3.63) is 69.2 Å². The Balaban J connectivity index is 1.35. The van der Waals surface area contributed by atoms with Crippen LogP contribution in [0.25, 0.3) is 17.0 Å². The number of likely N-dealkylation sites (N-methyl/N-ethyl adjacent to an activating group) is 2. The molecule has 0 spiro atoms. The molecule has 11 heteroatoms. The summed E-state index contributed by atoms with van der Waals surface area (Å²) in [5.41, 5.74) is 0.785. The molecular weight excluding hydrogens is 511 g/mol. The van der Waals surface area contributed by atoms with Gasteiger partial charge in [-0.25, -0.2) is 0 Å². The summed E-state index contributed by atoms with van der Waals surface area (Å²) >= 11 is 7.15. The van der Waals surface area contributed by atoms with Crippen molar-refractivity contribution >= 4 is 51.4 Å². The minimum absolute atomic E-state index is 0.0299. The van der Waals surface area contributed by atoms with Crippen LogP contribution in [0.15, 0.2) is 52.5 Å². The highest BCUT2D eigenvalue weighted by atomic mass is 35.5. The van der Waals surface area contributed by atoms with Gasteiger partial charge in [-0.1, -0.05) is 23.7 Å². The molecule has 0 aliphatic carbocycles. The molecule has 0 N–H and O–H groups in total. The number of rotatable bonds is 4. The van der Waals surface area contributed by atoms with E-state index in [4.69, 9.17) is 11.6 Å². The van der Waals surface area contributed by atoms with E-state index in [1.54, 1.807) is 18.3 Å². The van der Waals surface area contributed by atoms with Gasteiger partial charge >= 0.3 is 6.18 Å². The Morgan fingerprint density at radius 1 is 1.25 bits per heavy atom. The van der Waals surface area contributed by atoms with Gasteiger partial charge in [-0.3, -0.25) is 9.48 Å². The van der Waals surface area contributed by atoms with E-state index in [0.29, 0.717) is 21.6 Å². The molecule has 0 bridgehead atoms. The Labute approximate surface area is 215 Å². The summed E-state index contributed by atoms with van der Waals surface area (Å²) in [7, 11) is 4.05. The number of amidine groups is 1. The lowest BCUT2D eigenvalue weighted by Crippen LogP contribution is -2.36. The number of fused-ring (bicyclic) bond motifs is 1. The average Bonchev–Trinajstić information content (AvgIpc) is 3.53. The lowest BCUT2D eigenvalue weighted by Gasteiger charge is -2.25. The van der Waals surface area contributed by atoms with Gasteiger partial charge in [-0.2, -0.15) is 23.3 Å². The second-order valence-electron chi connectivity index (χ2n) is 9.05. The van der Waals surface area contributed by atoms with E-state index in [2.05, 4.69) is 26.9 Å². The molecule has 188 valence electrons. The standard InChI is InChI=1S/C25H23ClF3N5OS/c1-32-8-7-19(14-32)33(2)24-31-23(35)22(36-24)10-15-3-6-21-17(9-15)12-30-34(21)13-16-4-5-18(26)11-20(16)25(27,28)29/h3-6,9-12,19H,7-8,13-14H2,1-2H3/b22-10-. The number of amides is 1. The van der Waals surface area contributed by atoms with Gasteiger partial charge in [0.1, 0.15) is 0 Å². The first-order chi connectivity index (χ1) is 17.1. The summed E-state index contributed by atoms with van der Waals surface area (Å²) in [5.74, 6) is -0.272. The number of alkyl halides is 3. The van der Waals surface area contributed by atoms with Crippen molar-refractivity contribution in [3.8, 4) is 0 Å². The third-order valence-corrected chi connectivity index (χ3v) is 7.80. The van der Waals surface area contributed by atoms with E-state index in [-0.39, 0.29) is 23.0 Å². The van der Waals surface area contributed by atoms with Crippen LogP contribution in [0.2, 0.25) is 5.02 Å². The number of thioether (sulfide) groups is 1. The van der Waals surface area contributed by atoms with E-state index in [0.717, 1.165) is 36.5 Å². The Bertz CT molecular complexity index is 1400. The monoisotopic (exact) mass is 533 g/mol. The van der Waals surface area contributed by atoms with Crippen LogP contribution in [-0.2, 0) is 17.5 Å². The van der Waals surface area contributed by atoms with Crippen molar-refractivity contribution in [2.45, 2.75) is 25.2 Å². The van der Waals surface area contributed by atoms with Gasteiger partial charge in [0.05, 0.1) is 28.7 Å². The SMILES string of the molecule is CN1CCC(N(C)C2=NC(=O)/C(=C/c3ccc4c(cnn4Cc4ccc(Cl)cc4C(F)(F)F)c3)S2)C1. The van der Waals surface area contributed by atoms with Gasteiger partial charge in [-0.15, -0.1) is 0 Å². The molecule has 1 amide bonds. The maximum atomic E-state index is 13.5. The number of benzene rings is 2. The molecule has 1 aromatic heterocycles. The second kappa shape index (κ2) is 9.57. The largest absolute Gasteiger partial charge is 0.416 e. The number of carbonyl (C=O) groups excluding carboxylic acids is 1. The molecule has 2 aliphatic rings. The minimum Gasteiger partial charge on any atom is -0.350 e. The van der Waals surface area contributed by atoms with Gasteiger partial charge in [0.25, 0.3) is 5.91 Å². The maximum Gasteiger partial charge on any atom is 0.416 e. The molecule has 5 rings (SSSR count). The summed E-state index contributed by atoms with van der Waals surface area (Å²) in [6.45, 7) is 1.90. The van der Waals surface area contributed by atoms with E-state index < -0.39 is 11.7 Å². The number of hydrogen-bond acceptors (Lipinski definition) is 5. The third-order valence-electron chi connectivity index (χ3n) is 6.49. The molecule has 3 heterocycles. The Hall–Kier alpha value is -2.82. The van der Waals surface area contributed by atoms with Crippen LogP contribution in [0, 0.1) is 0 Å². The zero-order chi connectivity index (χ0) is 25.6. The molecule has 0 radical (unpaired) electrons. The molecule has 36 heavy (non-hydrogen) atoms. The highest BCUT2D eigenvalue weighted by molar-refractivity contribution is 8.18. The van der Waals surface area contributed by atoms with E-state index in [1.807, 2.05) is 19.2 Å². The van der Waals surface area contributed by atoms with Crippen molar-refractivity contribution < 1.29 is 18.0 Å². The van der Waals surface area contributed by atoms with Crippen molar-refractivity contribution in [3.63, 3.8) is 0 Å². The smallest absolute Gasteiger partial charge is 0.350 e. The summed E-state index contributed by atoms with van der Waals surface area (Å²) in [6, 6.07) is 9.55. The molecule has 2 aromatic carbocycles. The predicted molar refractivity (Wildman–Crippen MR) is 137 cm³/mol. The van der Waals surface area contributed by atoms with Crippen LogP contribution in [0.3, 0.4) is 0 Å². The normalized spacial score (nSPS) is 20.1. The Kier molecular flexibility index (Phi) is 6.61. The topological polar surface area (TPSA) is 53.7 Å². The second-order valence-corrected chi connectivity index (χ2v) is 10.5. The number of nitrogens with zero attached hydrogens (tertiary/aromatic N) is 5. The number of aromatic nitrogens is 2. The zero-order valence-corrected chi connectivity index (χ0v) is 21.2. The van der Waals surface area contributed by atoms with Gasteiger partial charge in [0.2, 0.25) is 0 Å². The molecule has 1 fully saturated rings. The van der Waals surface area contributed by atoms with Crippen molar-refractivity contribution in [1.82, 2.24) is 19.6 Å². The quantitative estimate of drug-likeness (QED) is 0.422. The van der Waals surface area contributed by atoms with E-state index in [1.165, 1.54) is 28.6 Å². The van der Waals surface area contributed by atoms with E-state index >= 15 is 0 Å². The fourth-order valence-corrected chi connectivity index (χ4v) is 5.64. The Morgan fingerprint density at radius 3 is 2.78 bits per heavy atom. The average molecular weight is 534 g/mol. The van der Waals surface area contributed by atoms with E-state index in [9.17, 15) is 18.0 Å². The summed E-state index contributed by atoms with van der Waals surface area (Å²) in [5, 5.41) is 5.79. The predicted octanol–water partition coefficient (Wildman–Crippen LogP) is 5.36. The highest BCUT2D eigenvalue weighted by Crippen LogP contribution is 2.35. The van der Waals surface area contributed by atoms with Gasteiger partial charge in [0, 0.05) is 30.0 Å². The van der Waals surface area contributed by atoms with Gasteiger partial charge < -0.3 is 9.80 Å².